The summed E-state index contributed by atoms with van der Waals surface area (Å²) >= 11 is 3.94. The van der Waals surface area contributed by atoms with Crippen LogP contribution in [0.2, 0.25) is 0 Å². The molecule has 3 aromatic heterocycles. The molecule has 40 heavy (non-hydrogen) atoms. The van der Waals surface area contributed by atoms with E-state index in [2.05, 4.69) is 108 Å². The molecule has 0 saturated heterocycles. The quantitative estimate of drug-likeness (QED) is 0.169. The van der Waals surface area contributed by atoms with Crippen LogP contribution in [0.15, 0.2) is 97.1 Å². The molecule has 1 atom stereocenters. The monoisotopic (exact) mass is 541 g/mol. The minimum atomic E-state index is 0.181. The van der Waals surface area contributed by atoms with Gasteiger partial charge in [0.2, 0.25) is 0 Å². The van der Waals surface area contributed by atoms with E-state index < -0.39 is 0 Å². The molecule has 1 unspecified atom stereocenters. The van der Waals surface area contributed by atoms with Crippen LogP contribution in [-0.4, -0.2) is 11.3 Å². The fraction of sp³-hybridized carbons (Fsp3) is 0.0556. The second-order valence-electron chi connectivity index (χ2n) is 11.7. The van der Waals surface area contributed by atoms with Crippen LogP contribution < -0.4 is 10.9 Å². The summed E-state index contributed by atoms with van der Waals surface area (Å²) in [5.41, 5.74) is 14.6. The fourth-order valence-electron chi connectivity index (χ4n) is 8.40. The first-order valence-corrected chi connectivity index (χ1v) is 15.6. The van der Waals surface area contributed by atoms with Gasteiger partial charge in [-0.05, 0) is 63.2 Å². The summed E-state index contributed by atoms with van der Waals surface area (Å²) < 4.78 is 5.50. The van der Waals surface area contributed by atoms with Crippen molar-refractivity contribution in [1.82, 2.24) is 4.48 Å². The van der Waals surface area contributed by atoms with Crippen LogP contribution in [0.5, 0.6) is 0 Å². The largest absolute Gasteiger partial charge is 0.367 e. The van der Waals surface area contributed by atoms with Crippen molar-refractivity contribution < 1.29 is 0 Å². The number of hydrogen-bond acceptors (Lipinski definition) is 2. The molecule has 1 aliphatic carbocycles. The third kappa shape index (κ3) is 2.17. The molecule has 0 amide bonds. The molecule has 0 spiro atoms. The normalized spacial score (nSPS) is 15.8. The SMILES string of the molecule is Cc1cc2c3c(c1)C1c4c(cccc4-c4sc5ccccc5c41)B3n1c3sc4ccccc4c3c3cccc-2c31. The average molecular weight is 542 g/mol. The Balaban J connectivity index is 1.37. The van der Waals surface area contributed by atoms with E-state index in [1.165, 1.54) is 90.5 Å². The molecule has 5 heterocycles. The lowest BCUT2D eigenvalue weighted by atomic mass is 9.41. The Kier molecular flexibility index (Phi) is 3.51. The molecule has 11 rings (SSSR count). The van der Waals surface area contributed by atoms with Gasteiger partial charge >= 0.3 is 6.85 Å². The van der Waals surface area contributed by atoms with E-state index in [1.54, 1.807) is 5.56 Å². The number of thiophene rings is 2. The van der Waals surface area contributed by atoms with Gasteiger partial charge in [0.15, 0.2) is 0 Å². The van der Waals surface area contributed by atoms with Crippen LogP contribution in [-0.2, 0) is 0 Å². The van der Waals surface area contributed by atoms with E-state index in [0.717, 1.165) is 0 Å². The summed E-state index contributed by atoms with van der Waals surface area (Å²) in [4.78, 5) is 2.87. The Morgan fingerprint density at radius 1 is 0.675 bits per heavy atom. The van der Waals surface area contributed by atoms with Gasteiger partial charge in [0.25, 0.3) is 0 Å². The molecule has 1 nitrogen and oxygen atoms in total. The van der Waals surface area contributed by atoms with Crippen molar-refractivity contribution in [1.29, 1.82) is 0 Å². The molecule has 8 aromatic rings. The zero-order valence-corrected chi connectivity index (χ0v) is 23.3. The number of rotatable bonds is 0. The minimum Gasteiger partial charge on any atom is -0.367 e. The number of aromatic nitrogens is 1. The first kappa shape index (κ1) is 20.7. The van der Waals surface area contributed by atoms with Crippen molar-refractivity contribution in [3.05, 3.63) is 119 Å². The van der Waals surface area contributed by atoms with Gasteiger partial charge in [0.05, 0.1) is 4.83 Å². The highest BCUT2D eigenvalue weighted by Crippen LogP contribution is 2.56. The standard InChI is InChI=1S/C36H20BNS2/c1-18-16-24-19-10-6-11-22-29-20-8-2-5-15-28(20)40-36(29)38(34(19)22)37-26-13-7-12-23-30(26)31(25(17-18)33(24)37)32-21-9-3-4-14-27(21)39-35(23)32/h2-17,31H,1H3. The number of fused-ring (bicyclic) bond motifs is 14. The molecule has 5 aromatic carbocycles. The third-order valence-corrected chi connectivity index (χ3v) is 12.1. The zero-order valence-electron chi connectivity index (χ0n) is 21.7. The molecule has 3 aliphatic rings. The lowest BCUT2D eigenvalue weighted by molar-refractivity contribution is 1.03. The molecular weight excluding hydrogens is 521 g/mol. The molecule has 0 saturated carbocycles. The number of benzene rings is 5. The fourth-order valence-corrected chi connectivity index (χ4v) is 10.9. The predicted octanol–water partition coefficient (Wildman–Crippen LogP) is 8.64. The van der Waals surface area contributed by atoms with E-state index in [-0.39, 0.29) is 12.8 Å². The van der Waals surface area contributed by atoms with Gasteiger partial charge in [-0.15, -0.1) is 22.7 Å². The number of hydrogen-bond donors (Lipinski definition) is 0. The van der Waals surface area contributed by atoms with Gasteiger partial charge in [-0.3, -0.25) is 0 Å². The van der Waals surface area contributed by atoms with Gasteiger partial charge < -0.3 is 4.48 Å². The molecule has 2 aliphatic heterocycles. The van der Waals surface area contributed by atoms with E-state index in [0.29, 0.717) is 0 Å². The molecule has 4 heteroatoms. The maximum atomic E-state index is 2.72. The van der Waals surface area contributed by atoms with Gasteiger partial charge in [0, 0.05) is 47.4 Å². The van der Waals surface area contributed by atoms with Crippen LogP contribution >= 0.6 is 22.7 Å². The molecule has 0 fully saturated rings. The van der Waals surface area contributed by atoms with Crippen LogP contribution in [0.3, 0.4) is 0 Å². The van der Waals surface area contributed by atoms with Crippen LogP contribution in [0, 0.1) is 6.92 Å². The third-order valence-electron chi connectivity index (χ3n) is 9.72. The van der Waals surface area contributed by atoms with E-state index in [1.807, 2.05) is 22.7 Å². The number of nitrogens with zero attached hydrogens (tertiary/aromatic N) is 1. The second kappa shape index (κ2) is 6.78. The van der Waals surface area contributed by atoms with Gasteiger partial charge in [-0.25, -0.2) is 0 Å². The summed E-state index contributed by atoms with van der Waals surface area (Å²) in [5, 5.41) is 5.61. The molecule has 0 radical (unpaired) electrons. The van der Waals surface area contributed by atoms with E-state index in [9.17, 15) is 0 Å². The smallest absolute Gasteiger partial charge is 0.330 e. The Morgan fingerprint density at radius 2 is 1.43 bits per heavy atom. The highest BCUT2D eigenvalue weighted by Gasteiger charge is 2.47. The first-order valence-electron chi connectivity index (χ1n) is 14.0. The lowest BCUT2D eigenvalue weighted by Gasteiger charge is -2.37. The summed E-state index contributed by atoms with van der Waals surface area (Å²) in [5.74, 6) is 0.288. The molecular formula is C36H20BNS2. The predicted molar refractivity (Wildman–Crippen MR) is 174 cm³/mol. The van der Waals surface area contributed by atoms with Crippen LogP contribution in [0.25, 0.3) is 62.9 Å². The molecule has 184 valence electrons. The maximum absolute atomic E-state index is 2.72. The highest BCUT2D eigenvalue weighted by molar-refractivity contribution is 7.26. The molecule has 0 bridgehead atoms. The highest BCUT2D eigenvalue weighted by atomic mass is 32.1. The summed E-state index contributed by atoms with van der Waals surface area (Å²) in [6.07, 6.45) is 0. The Bertz CT molecular complexity index is 2470. The Labute approximate surface area is 239 Å². The average Bonchev–Trinajstić information content (AvgIpc) is 3.71. The topological polar surface area (TPSA) is 4.93 Å². The van der Waals surface area contributed by atoms with Gasteiger partial charge in [-0.2, -0.15) is 0 Å². The van der Waals surface area contributed by atoms with Crippen molar-refractivity contribution in [2.45, 2.75) is 12.8 Å². The Morgan fingerprint density at radius 3 is 2.33 bits per heavy atom. The van der Waals surface area contributed by atoms with Crippen molar-refractivity contribution >= 4 is 81.7 Å². The number of para-hydroxylation sites is 1. The number of aryl methyl sites for hydroxylation is 1. The second-order valence-corrected chi connectivity index (χ2v) is 13.7. The van der Waals surface area contributed by atoms with E-state index >= 15 is 0 Å². The van der Waals surface area contributed by atoms with Gasteiger partial charge in [-0.1, -0.05) is 90.5 Å². The minimum absolute atomic E-state index is 0.181. The summed E-state index contributed by atoms with van der Waals surface area (Å²) in [6, 6.07) is 37.1. The van der Waals surface area contributed by atoms with Crippen molar-refractivity contribution in [2.75, 3.05) is 0 Å². The van der Waals surface area contributed by atoms with Crippen molar-refractivity contribution in [2.24, 2.45) is 0 Å². The summed E-state index contributed by atoms with van der Waals surface area (Å²) in [7, 11) is 0. The van der Waals surface area contributed by atoms with Crippen LogP contribution in [0.1, 0.15) is 28.2 Å². The van der Waals surface area contributed by atoms with Crippen molar-refractivity contribution in [3.63, 3.8) is 0 Å². The maximum Gasteiger partial charge on any atom is 0.330 e. The molecule has 0 N–H and O–H groups in total. The van der Waals surface area contributed by atoms with Gasteiger partial charge in [0.1, 0.15) is 0 Å². The lowest BCUT2D eigenvalue weighted by Crippen LogP contribution is -2.57. The zero-order chi connectivity index (χ0) is 25.9. The summed E-state index contributed by atoms with van der Waals surface area (Å²) in [6.45, 7) is 2.47. The van der Waals surface area contributed by atoms with Crippen molar-refractivity contribution in [3.8, 4) is 21.6 Å². The Hall–Kier alpha value is -4.12. The first-order chi connectivity index (χ1) is 19.8. The van der Waals surface area contributed by atoms with Crippen LogP contribution in [0.4, 0.5) is 0 Å². The van der Waals surface area contributed by atoms with E-state index in [4.69, 9.17) is 0 Å².